The zero-order valence-corrected chi connectivity index (χ0v) is 14.4. The lowest BCUT2D eigenvalue weighted by atomic mass is 10.3. The van der Waals surface area contributed by atoms with Crippen LogP contribution in [0.4, 0.5) is 0 Å². The van der Waals surface area contributed by atoms with Gasteiger partial charge in [0.2, 0.25) is 15.9 Å². The van der Waals surface area contributed by atoms with E-state index in [4.69, 9.17) is 4.74 Å². The molecule has 3 rings (SSSR count). The number of aromatic nitrogens is 2. The lowest BCUT2D eigenvalue weighted by Crippen LogP contribution is -2.31. The average molecular weight is 369 g/mol. The van der Waals surface area contributed by atoms with Crippen LogP contribution in [-0.4, -0.2) is 55.0 Å². The molecule has 0 N–H and O–H groups in total. The van der Waals surface area contributed by atoms with Crippen LogP contribution in [0.3, 0.4) is 0 Å². The molecule has 0 saturated carbocycles. The van der Waals surface area contributed by atoms with Gasteiger partial charge >= 0.3 is 5.97 Å². The molecule has 0 aliphatic carbocycles. The van der Waals surface area contributed by atoms with E-state index in [9.17, 15) is 13.2 Å². The molecule has 1 unspecified atom stereocenters. The summed E-state index contributed by atoms with van der Waals surface area (Å²) in [5, 5.41) is 1.56. The largest absolute Gasteiger partial charge is 0.472 e. The Morgan fingerprint density at radius 1 is 1.42 bits per heavy atom. The van der Waals surface area contributed by atoms with Crippen molar-refractivity contribution in [2.24, 2.45) is 0 Å². The molecule has 2 aromatic rings. The quantitative estimate of drug-likeness (QED) is 0.730. The summed E-state index contributed by atoms with van der Waals surface area (Å²) in [6, 6.07) is 1.42. The monoisotopic (exact) mass is 369 g/mol. The van der Waals surface area contributed by atoms with Gasteiger partial charge in [0.05, 0.1) is 19.9 Å². The van der Waals surface area contributed by atoms with Gasteiger partial charge in [0.25, 0.3) is 0 Å². The summed E-state index contributed by atoms with van der Waals surface area (Å²) in [7, 11) is -2.56. The van der Waals surface area contributed by atoms with Gasteiger partial charge in [-0.05, 0) is 17.9 Å². The van der Waals surface area contributed by atoms with Gasteiger partial charge in [0.15, 0.2) is 0 Å². The molecule has 1 fully saturated rings. The van der Waals surface area contributed by atoms with Gasteiger partial charge in [-0.1, -0.05) is 0 Å². The molecule has 0 spiro atoms. The average Bonchev–Trinajstić information content (AvgIpc) is 3.25. The fourth-order valence-electron chi connectivity index (χ4n) is 2.41. The van der Waals surface area contributed by atoms with Gasteiger partial charge in [-0.2, -0.15) is 4.31 Å². The smallest absolute Gasteiger partial charge is 0.349 e. The number of ether oxygens (including phenoxy) is 2. The Hall–Kier alpha value is -2.04. The Morgan fingerprint density at radius 3 is 2.96 bits per heavy atom. The van der Waals surface area contributed by atoms with E-state index in [0.717, 1.165) is 11.3 Å². The number of esters is 1. The van der Waals surface area contributed by atoms with E-state index in [1.165, 1.54) is 36.1 Å². The zero-order chi connectivity index (χ0) is 17.2. The highest BCUT2D eigenvalue weighted by atomic mass is 32.2. The molecule has 1 atom stereocenters. The second-order valence-electron chi connectivity index (χ2n) is 5.04. The standard InChI is InChI=1S/C14H15N3O5S2/c1-21-14(18)13-11(3-7-23-13)24(19,20)17-6-2-10(9-17)22-12-8-15-4-5-16-12/h3-5,7-8,10H,2,6,9H2,1H3. The van der Waals surface area contributed by atoms with E-state index in [-0.39, 0.29) is 22.4 Å². The van der Waals surface area contributed by atoms with E-state index >= 15 is 0 Å². The molecule has 0 amide bonds. The molecule has 1 saturated heterocycles. The first-order valence-electron chi connectivity index (χ1n) is 7.11. The lowest BCUT2D eigenvalue weighted by molar-refractivity contribution is 0.0602. The van der Waals surface area contributed by atoms with Gasteiger partial charge in [-0.3, -0.25) is 4.98 Å². The minimum atomic E-state index is -3.78. The number of rotatable bonds is 5. The predicted octanol–water partition coefficient (Wildman–Crippen LogP) is 1.17. The van der Waals surface area contributed by atoms with Crippen LogP contribution in [0, 0.1) is 0 Å². The van der Waals surface area contributed by atoms with E-state index in [1.807, 2.05) is 0 Å². The van der Waals surface area contributed by atoms with Gasteiger partial charge < -0.3 is 9.47 Å². The number of hydrogen-bond acceptors (Lipinski definition) is 8. The van der Waals surface area contributed by atoms with Gasteiger partial charge in [-0.25, -0.2) is 18.2 Å². The van der Waals surface area contributed by atoms with Crippen LogP contribution in [0.15, 0.2) is 34.9 Å². The maximum Gasteiger partial charge on any atom is 0.349 e. The molecule has 1 aliphatic rings. The molecule has 0 aromatic carbocycles. The number of carbonyl (C=O) groups excluding carboxylic acids is 1. The van der Waals surface area contributed by atoms with E-state index in [2.05, 4.69) is 14.7 Å². The van der Waals surface area contributed by atoms with E-state index in [0.29, 0.717) is 18.8 Å². The summed E-state index contributed by atoms with van der Waals surface area (Å²) in [5.41, 5.74) is 0. The minimum Gasteiger partial charge on any atom is -0.472 e. The maximum absolute atomic E-state index is 12.8. The minimum absolute atomic E-state index is 0.0282. The van der Waals surface area contributed by atoms with Crippen molar-refractivity contribution in [2.75, 3.05) is 20.2 Å². The normalized spacial score (nSPS) is 18.5. The molecule has 10 heteroatoms. The Labute approximate surface area is 143 Å². The molecule has 1 aliphatic heterocycles. The van der Waals surface area contributed by atoms with Crippen LogP contribution in [0.25, 0.3) is 0 Å². The predicted molar refractivity (Wildman–Crippen MR) is 85.5 cm³/mol. The first kappa shape index (κ1) is 16.8. The Balaban J connectivity index is 1.75. The molecule has 0 bridgehead atoms. The third kappa shape index (κ3) is 3.25. The fraction of sp³-hybridized carbons (Fsp3) is 0.357. The van der Waals surface area contributed by atoms with Crippen molar-refractivity contribution in [3.63, 3.8) is 0 Å². The Morgan fingerprint density at radius 2 is 2.25 bits per heavy atom. The van der Waals surface area contributed by atoms with Gasteiger partial charge in [-0.15, -0.1) is 11.3 Å². The summed E-state index contributed by atoms with van der Waals surface area (Å²) in [4.78, 5) is 19.7. The Kier molecular flexibility index (Phi) is 4.78. The van der Waals surface area contributed by atoms with Crippen LogP contribution in [0.2, 0.25) is 0 Å². The zero-order valence-electron chi connectivity index (χ0n) is 12.8. The lowest BCUT2D eigenvalue weighted by Gasteiger charge is -2.17. The summed E-state index contributed by atoms with van der Waals surface area (Å²) in [5.74, 6) is -0.303. The number of nitrogens with zero attached hydrogens (tertiary/aromatic N) is 3. The number of sulfonamides is 1. The molecular weight excluding hydrogens is 354 g/mol. The van der Waals surface area contributed by atoms with Gasteiger partial charge in [0.1, 0.15) is 15.9 Å². The Bertz CT molecular complexity index is 822. The van der Waals surface area contributed by atoms with Crippen molar-refractivity contribution in [3.05, 3.63) is 34.9 Å². The van der Waals surface area contributed by atoms with Crippen molar-refractivity contribution in [2.45, 2.75) is 17.4 Å². The van der Waals surface area contributed by atoms with Crippen molar-refractivity contribution >= 4 is 27.3 Å². The third-order valence-corrected chi connectivity index (χ3v) is 6.48. The van der Waals surface area contributed by atoms with Crippen LogP contribution >= 0.6 is 11.3 Å². The number of thiophene rings is 1. The third-order valence-electron chi connectivity index (χ3n) is 3.55. The summed E-state index contributed by atoms with van der Waals surface area (Å²) >= 11 is 1.04. The van der Waals surface area contributed by atoms with Gasteiger partial charge in [0, 0.05) is 18.9 Å². The highest BCUT2D eigenvalue weighted by Crippen LogP contribution is 2.29. The van der Waals surface area contributed by atoms with E-state index in [1.54, 1.807) is 5.38 Å². The van der Waals surface area contributed by atoms with E-state index < -0.39 is 16.0 Å². The highest BCUT2D eigenvalue weighted by Gasteiger charge is 2.36. The first-order valence-corrected chi connectivity index (χ1v) is 9.43. The summed E-state index contributed by atoms with van der Waals surface area (Å²) in [6.45, 7) is 0.499. The molecule has 8 nitrogen and oxygen atoms in total. The number of hydrogen-bond donors (Lipinski definition) is 0. The summed E-state index contributed by atoms with van der Waals surface area (Å²) in [6.07, 6.45) is 4.74. The SMILES string of the molecule is COC(=O)c1sccc1S(=O)(=O)N1CCC(Oc2cnccn2)C1. The van der Waals surface area contributed by atoms with Crippen LogP contribution < -0.4 is 4.74 Å². The second-order valence-corrected chi connectivity index (χ2v) is 7.86. The molecular formula is C14H15N3O5S2. The maximum atomic E-state index is 12.8. The topological polar surface area (TPSA) is 98.7 Å². The molecule has 2 aromatic heterocycles. The first-order chi connectivity index (χ1) is 11.5. The second kappa shape index (κ2) is 6.83. The molecule has 0 radical (unpaired) electrons. The van der Waals surface area contributed by atoms with Crippen molar-refractivity contribution in [3.8, 4) is 5.88 Å². The molecule has 24 heavy (non-hydrogen) atoms. The van der Waals surface area contributed by atoms with Crippen molar-refractivity contribution < 1.29 is 22.7 Å². The van der Waals surface area contributed by atoms with Crippen molar-refractivity contribution in [1.29, 1.82) is 0 Å². The van der Waals surface area contributed by atoms with Crippen LogP contribution in [0.1, 0.15) is 16.1 Å². The van der Waals surface area contributed by atoms with Crippen LogP contribution in [-0.2, 0) is 14.8 Å². The molecule has 3 heterocycles. The van der Waals surface area contributed by atoms with Crippen LogP contribution in [0.5, 0.6) is 5.88 Å². The number of methoxy groups -OCH3 is 1. The number of carbonyl (C=O) groups is 1. The highest BCUT2D eigenvalue weighted by molar-refractivity contribution is 7.89. The fourth-order valence-corrected chi connectivity index (χ4v) is 5.20. The van der Waals surface area contributed by atoms with Crippen molar-refractivity contribution in [1.82, 2.24) is 14.3 Å². The molecule has 128 valence electrons. The summed E-state index contributed by atoms with van der Waals surface area (Å²) < 4.78 is 37.2.